The monoisotopic (exact) mass is 232 g/mol. The minimum absolute atomic E-state index is 0.0705. The highest BCUT2D eigenvalue weighted by Gasteiger charge is 2.58. The first kappa shape index (κ1) is 12.2. The molecule has 0 saturated carbocycles. The van der Waals surface area contributed by atoms with E-state index in [9.17, 15) is 8.78 Å². The molecule has 0 radical (unpaired) electrons. The van der Waals surface area contributed by atoms with Crippen LogP contribution in [0.1, 0.15) is 26.7 Å². The number of piperidine rings is 1. The van der Waals surface area contributed by atoms with Gasteiger partial charge in [-0.1, -0.05) is 0 Å². The molecule has 16 heavy (non-hydrogen) atoms. The molecule has 0 aromatic rings. The standard InChI is InChI=1S/C12H22F2N2/c1-10(2)16-7-5-11(8-16)4-6-15(3)9-12(11,13)14/h10H,4-9H2,1-3H3. The van der Waals surface area contributed by atoms with E-state index in [4.69, 9.17) is 0 Å². The highest BCUT2D eigenvalue weighted by Crippen LogP contribution is 2.49. The smallest absolute Gasteiger partial charge is 0.267 e. The van der Waals surface area contributed by atoms with Crippen LogP contribution < -0.4 is 0 Å². The SMILES string of the molecule is CC(C)N1CCC2(CCN(C)CC2(F)F)C1. The lowest BCUT2D eigenvalue weighted by Gasteiger charge is -2.44. The molecule has 0 amide bonds. The fourth-order valence-corrected chi connectivity index (χ4v) is 3.02. The van der Waals surface area contributed by atoms with Gasteiger partial charge in [0.2, 0.25) is 0 Å². The van der Waals surface area contributed by atoms with E-state index >= 15 is 0 Å². The molecule has 1 unspecified atom stereocenters. The van der Waals surface area contributed by atoms with Crippen LogP contribution in [0.4, 0.5) is 8.78 Å². The maximum atomic E-state index is 14.2. The Morgan fingerprint density at radius 3 is 2.19 bits per heavy atom. The molecule has 2 rings (SSSR count). The minimum atomic E-state index is -2.52. The van der Waals surface area contributed by atoms with Crippen LogP contribution in [0.3, 0.4) is 0 Å². The van der Waals surface area contributed by atoms with Gasteiger partial charge in [0.15, 0.2) is 0 Å². The van der Waals surface area contributed by atoms with Gasteiger partial charge in [0.1, 0.15) is 0 Å². The quantitative estimate of drug-likeness (QED) is 0.683. The Labute approximate surface area is 96.6 Å². The summed E-state index contributed by atoms with van der Waals surface area (Å²) in [6.07, 6.45) is 1.30. The Balaban J connectivity index is 2.14. The lowest BCUT2D eigenvalue weighted by atomic mass is 9.74. The van der Waals surface area contributed by atoms with Gasteiger partial charge < -0.3 is 9.80 Å². The molecule has 2 heterocycles. The predicted molar refractivity (Wildman–Crippen MR) is 60.8 cm³/mol. The Kier molecular flexibility index (Phi) is 2.99. The topological polar surface area (TPSA) is 6.48 Å². The van der Waals surface area contributed by atoms with Crippen LogP contribution in [0.2, 0.25) is 0 Å². The van der Waals surface area contributed by atoms with Crippen LogP contribution in [0.25, 0.3) is 0 Å². The van der Waals surface area contributed by atoms with Crippen molar-refractivity contribution in [3.63, 3.8) is 0 Å². The largest absolute Gasteiger partial charge is 0.301 e. The summed E-state index contributed by atoms with van der Waals surface area (Å²) in [5.41, 5.74) is -0.746. The zero-order chi connectivity index (χ0) is 12.0. The van der Waals surface area contributed by atoms with Crippen molar-refractivity contribution in [2.24, 2.45) is 5.41 Å². The molecule has 0 bridgehead atoms. The third kappa shape index (κ3) is 1.86. The lowest BCUT2D eigenvalue weighted by molar-refractivity contribution is -0.160. The van der Waals surface area contributed by atoms with Gasteiger partial charge in [0.05, 0.1) is 12.0 Å². The fourth-order valence-electron chi connectivity index (χ4n) is 3.02. The molecule has 0 aliphatic carbocycles. The van der Waals surface area contributed by atoms with Gasteiger partial charge in [-0.3, -0.25) is 0 Å². The van der Waals surface area contributed by atoms with Gasteiger partial charge in [0.25, 0.3) is 5.92 Å². The number of hydrogen-bond donors (Lipinski definition) is 0. The number of rotatable bonds is 1. The average Bonchev–Trinajstić information content (AvgIpc) is 2.58. The Morgan fingerprint density at radius 1 is 1.06 bits per heavy atom. The second kappa shape index (κ2) is 3.91. The summed E-state index contributed by atoms with van der Waals surface area (Å²) in [7, 11) is 1.79. The summed E-state index contributed by atoms with van der Waals surface area (Å²) in [4.78, 5) is 3.95. The normalized spacial score (nSPS) is 36.4. The van der Waals surface area contributed by atoms with Crippen LogP contribution in [-0.2, 0) is 0 Å². The molecule has 2 saturated heterocycles. The van der Waals surface area contributed by atoms with Crippen LogP contribution in [-0.4, -0.2) is 55.0 Å². The molecule has 1 atom stereocenters. The number of halogens is 2. The number of nitrogens with zero attached hydrogens (tertiary/aromatic N) is 2. The first-order valence-corrected chi connectivity index (χ1v) is 6.17. The van der Waals surface area contributed by atoms with E-state index < -0.39 is 11.3 Å². The van der Waals surface area contributed by atoms with E-state index in [0.717, 1.165) is 13.1 Å². The zero-order valence-corrected chi connectivity index (χ0v) is 10.5. The van der Waals surface area contributed by atoms with E-state index in [2.05, 4.69) is 18.7 Å². The Morgan fingerprint density at radius 2 is 1.69 bits per heavy atom. The first-order chi connectivity index (χ1) is 7.36. The minimum Gasteiger partial charge on any atom is -0.301 e. The van der Waals surface area contributed by atoms with Crippen LogP contribution in [0, 0.1) is 5.41 Å². The molecule has 94 valence electrons. The molecule has 2 aliphatic rings. The van der Waals surface area contributed by atoms with Gasteiger partial charge >= 0.3 is 0 Å². The van der Waals surface area contributed by atoms with Crippen molar-refractivity contribution >= 4 is 0 Å². The highest BCUT2D eigenvalue weighted by molar-refractivity contribution is 5.04. The van der Waals surface area contributed by atoms with E-state index in [1.807, 2.05) is 0 Å². The number of alkyl halides is 2. The van der Waals surface area contributed by atoms with Crippen LogP contribution >= 0.6 is 0 Å². The average molecular weight is 232 g/mol. The van der Waals surface area contributed by atoms with Crippen molar-refractivity contribution in [3.8, 4) is 0 Å². The summed E-state index contributed by atoms with van der Waals surface area (Å²) in [5, 5.41) is 0. The van der Waals surface area contributed by atoms with Gasteiger partial charge in [-0.2, -0.15) is 0 Å². The molecular weight excluding hydrogens is 210 g/mol. The fraction of sp³-hybridized carbons (Fsp3) is 1.00. The molecule has 4 heteroatoms. The van der Waals surface area contributed by atoms with Gasteiger partial charge in [0, 0.05) is 12.6 Å². The molecule has 1 spiro atoms. The summed E-state index contributed by atoms with van der Waals surface area (Å²) < 4.78 is 28.4. The van der Waals surface area contributed by atoms with Gasteiger partial charge in [-0.25, -0.2) is 8.78 Å². The molecular formula is C12H22F2N2. The lowest BCUT2D eigenvalue weighted by Crippen LogP contribution is -2.56. The first-order valence-electron chi connectivity index (χ1n) is 6.17. The summed E-state index contributed by atoms with van der Waals surface area (Å²) in [5.74, 6) is -2.52. The number of hydrogen-bond acceptors (Lipinski definition) is 2. The second-order valence-electron chi connectivity index (χ2n) is 5.79. The third-order valence-corrected chi connectivity index (χ3v) is 4.33. The maximum Gasteiger partial charge on any atom is 0.267 e. The van der Waals surface area contributed by atoms with Crippen molar-refractivity contribution in [1.82, 2.24) is 9.80 Å². The van der Waals surface area contributed by atoms with Crippen molar-refractivity contribution in [2.45, 2.75) is 38.7 Å². The Bertz CT molecular complexity index is 268. The number of likely N-dealkylation sites (tertiary alicyclic amines) is 2. The third-order valence-electron chi connectivity index (χ3n) is 4.33. The van der Waals surface area contributed by atoms with Crippen molar-refractivity contribution in [3.05, 3.63) is 0 Å². The van der Waals surface area contributed by atoms with Gasteiger partial charge in [-0.15, -0.1) is 0 Å². The Hall–Kier alpha value is -0.220. The summed E-state index contributed by atoms with van der Waals surface area (Å²) in [6.45, 7) is 6.32. The second-order valence-corrected chi connectivity index (χ2v) is 5.79. The summed E-state index contributed by atoms with van der Waals surface area (Å²) in [6, 6.07) is 0.384. The van der Waals surface area contributed by atoms with E-state index in [1.54, 1.807) is 11.9 Å². The molecule has 0 aromatic carbocycles. The molecule has 2 nitrogen and oxygen atoms in total. The molecule has 2 fully saturated rings. The highest BCUT2D eigenvalue weighted by atomic mass is 19.3. The van der Waals surface area contributed by atoms with E-state index in [-0.39, 0.29) is 6.54 Å². The van der Waals surface area contributed by atoms with Crippen molar-refractivity contribution in [1.29, 1.82) is 0 Å². The van der Waals surface area contributed by atoms with E-state index in [1.165, 1.54) is 0 Å². The van der Waals surface area contributed by atoms with Crippen LogP contribution in [0.5, 0.6) is 0 Å². The molecule has 0 N–H and O–H groups in total. The van der Waals surface area contributed by atoms with Crippen LogP contribution in [0.15, 0.2) is 0 Å². The molecule has 0 aromatic heterocycles. The summed E-state index contributed by atoms with van der Waals surface area (Å²) >= 11 is 0. The zero-order valence-electron chi connectivity index (χ0n) is 10.5. The van der Waals surface area contributed by atoms with E-state index in [0.29, 0.717) is 25.4 Å². The maximum absolute atomic E-state index is 14.2. The van der Waals surface area contributed by atoms with Crippen molar-refractivity contribution in [2.75, 3.05) is 33.2 Å². The van der Waals surface area contributed by atoms with Crippen molar-refractivity contribution < 1.29 is 8.78 Å². The van der Waals surface area contributed by atoms with Gasteiger partial charge in [-0.05, 0) is 46.8 Å². The molecule has 2 aliphatic heterocycles. The predicted octanol–water partition coefficient (Wildman–Crippen LogP) is 2.06.